The van der Waals surface area contributed by atoms with Crippen LogP contribution in [0.4, 0.5) is 4.79 Å². The summed E-state index contributed by atoms with van der Waals surface area (Å²) in [5.41, 5.74) is 0.490. The Kier molecular flexibility index (Phi) is 5.22. The van der Waals surface area contributed by atoms with Gasteiger partial charge in [0, 0.05) is 25.3 Å². The molecule has 0 aliphatic carbocycles. The molecule has 0 bridgehead atoms. The summed E-state index contributed by atoms with van der Waals surface area (Å²) in [6.45, 7) is 3.31. The molecule has 1 N–H and O–H groups in total. The highest BCUT2D eigenvalue weighted by molar-refractivity contribution is 5.94. The summed E-state index contributed by atoms with van der Waals surface area (Å²) < 4.78 is 6.65. The van der Waals surface area contributed by atoms with E-state index in [0.717, 1.165) is 0 Å². The molecule has 0 aromatic carbocycles. The molecule has 0 saturated carbocycles. The van der Waals surface area contributed by atoms with Gasteiger partial charge in [0.25, 0.3) is 5.91 Å². The third-order valence-corrected chi connectivity index (χ3v) is 4.05. The number of pyridine rings is 1. The van der Waals surface area contributed by atoms with Crippen LogP contribution in [0.1, 0.15) is 30.1 Å². The molecule has 2 aromatic heterocycles. The van der Waals surface area contributed by atoms with Crippen molar-refractivity contribution in [2.24, 2.45) is 0 Å². The van der Waals surface area contributed by atoms with E-state index in [0.29, 0.717) is 43.9 Å². The van der Waals surface area contributed by atoms with Crippen molar-refractivity contribution in [2.75, 3.05) is 19.7 Å². The van der Waals surface area contributed by atoms with E-state index in [4.69, 9.17) is 4.74 Å². The van der Waals surface area contributed by atoms with Crippen LogP contribution in [0.15, 0.2) is 31.0 Å². The van der Waals surface area contributed by atoms with E-state index in [1.165, 1.54) is 6.20 Å². The number of aromatic nitrogens is 4. The number of rotatable bonds is 4. The molecule has 3 heterocycles. The van der Waals surface area contributed by atoms with Gasteiger partial charge in [0.2, 0.25) is 0 Å². The SMILES string of the molecule is CCOC(=O)N1CCC(NC(=O)c2ccc(-n3cnnc3)nc2)CC1. The lowest BCUT2D eigenvalue weighted by Gasteiger charge is -2.31. The minimum absolute atomic E-state index is 0.0377. The fourth-order valence-corrected chi connectivity index (χ4v) is 2.68. The maximum atomic E-state index is 12.3. The number of carbonyl (C=O) groups excluding carboxylic acids is 2. The number of hydrogen-bond donors (Lipinski definition) is 1. The van der Waals surface area contributed by atoms with Crippen molar-refractivity contribution >= 4 is 12.0 Å². The molecule has 1 fully saturated rings. The van der Waals surface area contributed by atoms with Crippen molar-refractivity contribution in [1.82, 2.24) is 30.0 Å². The van der Waals surface area contributed by atoms with Crippen molar-refractivity contribution in [2.45, 2.75) is 25.8 Å². The molecule has 1 saturated heterocycles. The Bertz CT molecular complexity index is 708. The average molecular weight is 344 g/mol. The first-order valence-electron chi connectivity index (χ1n) is 8.21. The number of piperidine rings is 1. The van der Waals surface area contributed by atoms with E-state index >= 15 is 0 Å². The molecular formula is C16H20N6O3. The minimum Gasteiger partial charge on any atom is -0.450 e. The topological polar surface area (TPSA) is 102 Å². The van der Waals surface area contributed by atoms with Crippen molar-refractivity contribution < 1.29 is 14.3 Å². The molecule has 2 aromatic rings. The molecular weight excluding hydrogens is 324 g/mol. The summed E-state index contributed by atoms with van der Waals surface area (Å²) in [7, 11) is 0. The number of nitrogens with zero attached hydrogens (tertiary/aromatic N) is 5. The Hall–Kier alpha value is -2.97. The summed E-state index contributed by atoms with van der Waals surface area (Å²) in [4.78, 5) is 29.9. The van der Waals surface area contributed by atoms with Crippen molar-refractivity contribution in [3.05, 3.63) is 36.5 Å². The van der Waals surface area contributed by atoms with Crippen LogP contribution in [-0.4, -0.2) is 62.4 Å². The molecule has 25 heavy (non-hydrogen) atoms. The van der Waals surface area contributed by atoms with Crippen molar-refractivity contribution in [3.63, 3.8) is 0 Å². The van der Waals surface area contributed by atoms with Gasteiger partial charge in [0.05, 0.1) is 12.2 Å². The van der Waals surface area contributed by atoms with E-state index < -0.39 is 0 Å². The maximum absolute atomic E-state index is 12.3. The Balaban J connectivity index is 1.52. The minimum atomic E-state index is -0.291. The number of hydrogen-bond acceptors (Lipinski definition) is 6. The molecule has 0 atom stereocenters. The van der Waals surface area contributed by atoms with Crippen LogP contribution < -0.4 is 5.32 Å². The van der Waals surface area contributed by atoms with Gasteiger partial charge in [0.1, 0.15) is 18.5 Å². The van der Waals surface area contributed by atoms with Gasteiger partial charge in [-0.05, 0) is 31.9 Å². The molecule has 132 valence electrons. The summed E-state index contributed by atoms with van der Waals surface area (Å²) in [5, 5.41) is 10.4. The summed E-state index contributed by atoms with van der Waals surface area (Å²) >= 11 is 0. The van der Waals surface area contributed by atoms with E-state index in [-0.39, 0.29) is 18.0 Å². The van der Waals surface area contributed by atoms with E-state index in [9.17, 15) is 9.59 Å². The fraction of sp³-hybridized carbons (Fsp3) is 0.438. The van der Waals surface area contributed by atoms with Crippen LogP contribution >= 0.6 is 0 Å². The lowest BCUT2D eigenvalue weighted by molar-refractivity contribution is 0.0860. The van der Waals surface area contributed by atoms with Gasteiger partial charge in [-0.3, -0.25) is 9.36 Å². The number of likely N-dealkylation sites (tertiary alicyclic amines) is 1. The van der Waals surface area contributed by atoms with Gasteiger partial charge in [0.15, 0.2) is 0 Å². The van der Waals surface area contributed by atoms with E-state index in [1.807, 2.05) is 0 Å². The zero-order valence-electron chi connectivity index (χ0n) is 14.0. The van der Waals surface area contributed by atoms with Gasteiger partial charge >= 0.3 is 6.09 Å². The third-order valence-electron chi connectivity index (χ3n) is 4.05. The molecule has 0 unspecified atom stereocenters. The van der Waals surface area contributed by atoms with Gasteiger partial charge in [-0.1, -0.05) is 0 Å². The fourth-order valence-electron chi connectivity index (χ4n) is 2.68. The molecule has 3 rings (SSSR count). The zero-order chi connectivity index (χ0) is 17.6. The van der Waals surface area contributed by atoms with Crippen LogP contribution in [0.2, 0.25) is 0 Å². The first kappa shape index (κ1) is 16.9. The van der Waals surface area contributed by atoms with Crippen molar-refractivity contribution in [1.29, 1.82) is 0 Å². The number of ether oxygens (including phenoxy) is 1. The first-order valence-corrected chi connectivity index (χ1v) is 8.21. The molecule has 9 heteroatoms. The average Bonchev–Trinajstić information content (AvgIpc) is 3.17. The Labute approximate surface area is 145 Å². The Morgan fingerprint density at radius 1 is 1.24 bits per heavy atom. The zero-order valence-corrected chi connectivity index (χ0v) is 14.0. The normalized spacial score (nSPS) is 15.0. The van der Waals surface area contributed by atoms with Crippen LogP contribution in [-0.2, 0) is 4.74 Å². The molecule has 9 nitrogen and oxygen atoms in total. The van der Waals surface area contributed by atoms with Crippen LogP contribution in [0.25, 0.3) is 5.82 Å². The monoisotopic (exact) mass is 344 g/mol. The third kappa shape index (κ3) is 4.11. The van der Waals surface area contributed by atoms with E-state index in [1.54, 1.807) is 41.2 Å². The Morgan fingerprint density at radius 2 is 1.96 bits per heavy atom. The maximum Gasteiger partial charge on any atom is 0.409 e. The molecule has 0 radical (unpaired) electrons. The van der Waals surface area contributed by atoms with Gasteiger partial charge in [-0.2, -0.15) is 0 Å². The van der Waals surface area contributed by atoms with Gasteiger partial charge in [-0.15, -0.1) is 10.2 Å². The lowest BCUT2D eigenvalue weighted by atomic mass is 10.0. The van der Waals surface area contributed by atoms with Gasteiger partial charge in [-0.25, -0.2) is 9.78 Å². The van der Waals surface area contributed by atoms with E-state index in [2.05, 4.69) is 20.5 Å². The summed E-state index contributed by atoms with van der Waals surface area (Å²) in [6.07, 6.45) is 5.73. The van der Waals surface area contributed by atoms with Crippen molar-refractivity contribution in [3.8, 4) is 5.82 Å². The highest BCUT2D eigenvalue weighted by Crippen LogP contribution is 2.13. The highest BCUT2D eigenvalue weighted by atomic mass is 16.6. The van der Waals surface area contributed by atoms with Crippen LogP contribution in [0, 0.1) is 0 Å². The second kappa shape index (κ2) is 7.73. The molecule has 1 aliphatic heterocycles. The number of nitrogens with one attached hydrogen (secondary N) is 1. The number of carbonyl (C=O) groups is 2. The smallest absolute Gasteiger partial charge is 0.409 e. The molecule has 1 aliphatic rings. The number of amides is 2. The second-order valence-electron chi connectivity index (χ2n) is 5.71. The largest absolute Gasteiger partial charge is 0.450 e. The predicted octanol–water partition coefficient (Wildman–Crippen LogP) is 1.01. The summed E-state index contributed by atoms with van der Waals surface area (Å²) in [5.74, 6) is 0.474. The van der Waals surface area contributed by atoms with Gasteiger partial charge < -0.3 is 15.0 Å². The van der Waals surface area contributed by atoms with Crippen LogP contribution in [0.3, 0.4) is 0 Å². The predicted molar refractivity (Wildman–Crippen MR) is 88.2 cm³/mol. The molecule has 2 amide bonds. The molecule has 0 spiro atoms. The second-order valence-corrected chi connectivity index (χ2v) is 5.71. The van der Waals surface area contributed by atoms with Crippen LogP contribution in [0.5, 0.6) is 0 Å². The highest BCUT2D eigenvalue weighted by Gasteiger charge is 2.24. The Morgan fingerprint density at radius 3 is 2.56 bits per heavy atom. The quantitative estimate of drug-likeness (QED) is 0.888. The first-order chi connectivity index (χ1) is 12.2. The lowest BCUT2D eigenvalue weighted by Crippen LogP contribution is -2.46. The standard InChI is InChI=1S/C16H20N6O3/c1-2-25-16(24)21-7-5-13(6-8-21)20-15(23)12-3-4-14(17-9-12)22-10-18-19-11-22/h3-4,9-11,13H,2,5-8H2,1H3,(H,20,23). The summed E-state index contributed by atoms with van der Waals surface area (Å²) in [6, 6.07) is 3.49.